The van der Waals surface area contributed by atoms with Crippen LogP contribution in [0.2, 0.25) is 0 Å². The third kappa shape index (κ3) is 3.86. The van der Waals surface area contributed by atoms with Crippen LogP contribution < -0.4 is 5.76 Å². The van der Waals surface area contributed by atoms with Crippen molar-refractivity contribution in [3.63, 3.8) is 0 Å². The fourth-order valence-electron chi connectivity index (χ4n) is 3.37. The number of aromatic amines is 1. The number of hydrogen-bond acceptors (Lipinski definition) is 6. The Bertz CT molecular complexity index is 1050. The summed E-state index contributed by atoms with van der Waals surface area (Å²) in [5, 5.41) is 0. The molecule has 1 aliphatic heterocycles. The molecule has 1 aromatic carbocycles. The van der Waals surface area contributed by atoms with Crippen LogP contribution in [0.1, 0.15) is 27.1 Å². The largest absolute Gasteiger partial charge is 0.417 e. The second-order valence-corrected chi connectivity index (χ2v) is 6.77. The third-order valence-corrected chi connectivity index (χ3v) is 4.98. The Labute approximate surface area is 160 Å². The fourth-order valence-corrected chi connectivity index (χ4v) is 3.37. The number of piperazine rings is 1. The van der Waals surface area contributed by atoms with Crippen molar-refractivity contribution in [1.82, 2.24) is 19.8 Å². The molecule has 0 spiro atoms. The molecule has 1 aliphatic rings. The smallest absolute Gasteiger partial charge is 0.408 e. The Morgan fingerprint density at radius 3 is 2.54 bits per heavy atom. The van der Waals surface area contributed by atoms with Crippen molar-refractivity contribution >= 4 is 22.8 Å². The Morgan fingerprint density at radius 1 is 1.04 bits per heavy atom. The van der Waals surface area contributed by atoms with E-state index in [4.69, 9.17) is 4.42 Å². The van der Waals surface area contributed by atoms with Gasteiger partial charge in [-0.05, 0) is 30.3 Å². The SMILES string of the molecule is O=C(CCN1CCN(C(=O)c2ccncc2)CC1)c1ccc2[nH]c(=O)oc2c1. The predicted octanol–water partition coefficient (Wildman–Crippen LogP) is 1.55. The Kier molecular flexibility index (Phi) is 5.03. The molecule has 1 N–H and O–H groups in total. The normalized spacial score (nSPS) is 15.1. The van der Waals surface area contributed by atoms with Crippen LogP contribution in [0.5, 0.6) is 0 Å². The van der Waals surface area contributed by atoms with Gasteiger partial charge in [-0.1, -0.05) is 0 Å². The van der Waals surface area contributed by atoms with Gasteiger partial charge in [0.1, 0.15) is 0 Å². The van der Waals surface area contributed by atoms with E-state index in [-0.39, 0.29) is 11.7 Å². The summed E-state index contributed by atoms with van der Waals surface area (Å²) in [6, 6.07) is 8.41. The average molecular weight is 380 g/mol. The van der Waals surface area contributed by atoms with Crippen LogP contribution in [0.4, 0.5) is 0 Å². The van der Waals surface area contributed by atoms with Gasteiger partial charge >= 0.3 is 5.76 Å². The highest BCUT2D eigenvalue weighted by Crippen LogP contribution is 2.15. The van der Waals surface area contributed by atoms with Crippen LogP contribution in [0.15, 0.2) is 51.9 Å². The number of aromatic nitrogens is 2. The maximum atomic E-state index is 12.5. The highest BCUT2D eigenvalue weighted by Gasteiger charge is 2.22. The number of amides is 1. The van der Waals surface area contributed by atoms with Crippen molar-refractivity contribution in [2.75, 3.05) is 32.7 Å². The molecule has 144 valence electrons. The minimum absolute atomic E-state index is 0.000963. The first-order valence-electron chi connectivity index (χ1n) is 9.18. The lowest BCUT2D eigenvalue weighted by molar-refractivity contribution is 0.0628. The summed E-state index contributed by atoms with van der Waals surface area (Å²) in [5.74, 6) is -0.515. The molecule has 0 unspecified atom stereocenters. The Morgan fingerprint density at radius 2 is 1.79 bits per heavy atom. The molecule has 0 radical (unpaired) electrons. The lowest BCUT2D eigenvalue weighted by Crippen LogP contribution is -2.49. The molecule has 8 heteroatoms. The number of oxazole rings is 1. The van der Waals surface area contributed by atoms with Crippen molar-refractivity contribution in [2.45, 2.75) is 6.42 Å². The number of fused-ring (bicyclic) bond motifs is 1. The number of ketones is 1. The summed E-state index contributed by atoms with van der Waals surface area (Å²) in [6.07, 6.45) is 3.61. The highest BCUT2D eigenvalue weighted by atomic mass is 16.4. The fraction of sp³-hybridized carbons (Fsp3) is 0.300. The summed E-state index contributed by atoms with van der Waals surface area (Å²) in [5.41, 5.74) is 2.14. The predicted molar refractivity (Wildman–Crippen MR) is 102 cm³/mol. The number of nitrogens with zero attached hydrogens (tertiary/aromatic N) is 3. The number of H-pyrrole nitrogens is 1. The van der Waals surface area contributed by atoms with Crippen molar-refractivity contribution in [3.05, 3.63) is 64.4 Å². The minimum Gasteiger partial charge on any atom is -0.408 e. The first kappa shape index (κ1) is 18.1. The summed E-state index contributed by atoms with van der Waals surface area (Å²) in [4.78, 5) is 46.7. The number of nitrogens with one attached hydrogen (secondary N) is 1. The van der Waals surface area contributed by atoms with E-state index < -0.39 is 5.76 Å². The molecule has 3 heterocycles. The topological polar surface area (TPSA) is 99.5 Å². The lowest BCUT2D eigenvalue weighted by Gasteiger charge is -2.34. The van der Waals surface area contributed by atoms with Gasteiger partial charge in [-0.3, -0.25) is 24.5 Å². The van der Waals surface area contributed by atoms with E-state index in [1.165, 1.54) is 0 Å². The van der Waals surface area contributed by atoms with E-state index >= 15 is 0 Å². The van der Waals surface area contributed by atoms with Crippen molar-refractivity contribution in [3.8, 4) is 0 Å². The van der Waals surface area contributed by atoms with Gasteiger partial charge in [-0.2, -0.15) is 0 Å². The molecular formula is C20H20N4O4. The van der Waals surface area contributed by atoms with Crippen molar-refractivity contribution in [2.24, 2.45) is 0 Å². The van der Waals surface area contributed by atoms with Gasteiger partial charge in [-0.15, -0.1) is 0 Å². The Hall–Kier alpha value is -3.26. The molecule has 1 amide bonds. The molecule has 1 saturated heterocycles. The van der Waals surface area contributed by atoms with Gasteiger partial charge in [0.2, 0.25) is 0 Å². The summed E-state index contributed by atoms with van der Waals surface area (Å²) >= 11 is 0. The molecule has 0 atom stereocenters. The maximum Gasteiger partial charge on any atom is 0.417 e. The van der Waals surface area contributed by atoms with E-state index in [2.05, 4.69) is 14.9 Å². The monoisotopic (exact) mass is 380 g/mol. The zero-order chi connectivity index (χ0) is 19.5. The number of carbonyl (C=O) groups is 2. The molecule has 0 saturated carbocycles. The number of carbonyl (C=O) groups excluding carboxylic acids is 2. The van der Waals surface area contributed by atoms with Gasteiger partial charge in [0, 0.05) is 62.7 Å². The molecule has 0 aliphatic carbocycles. The molecule has 3 aromatic rings. The Balaban J connectivity index is 1.29. The first-order valence-corrected chi connectivity index (χ1v) is 9.18. The zero-order valence-electron chi connectivity index (χ0n) is 15.3. The maximum absolute atomic E-state index is 12.5. The third-order valence-electron chi connectivity index (χ3n) is 4.98. The van der Waals surface area contributed by atoms with Crippen molar-refractivity contribution < 1.29 is 14.0 Å². The number of Topliss-reactive ketones (excluding diaryl/α,β-unsaturated/α-hetero) is 1. The van der Waals surface area contributed by atoms with Crippen LogP contribution in [0, 0.1) is 0 Å². The summed E-state index contributed by atoms with van der Waals surface area (Å²) < 4.78 is 5.01. The number of benzene rings is 1. The average Bonchev–Trinajstić information content (AvgIpc) is 3.11. The highest BCUT2D eigenvalue weighted by molar-refractivity contribution is 5.98. The minimum atomic E-state index is -0.529. The molecule has 0 bridgehead atoms. The quantitative estimate of drug-likeness (QED) is 0.674. The molecule has 4 rings (SSSR count). The van der Waals surface area contributed by atoms with Gasteiger partial charge in [0.15, 0.2) is 11.4 Å². The van der Waals surface area contributed by atoms with E-state index in [1.54, 1.807) is 42.7 Å². The molecule has 2 aromatic heterocycles. The van der Waals surface area contributed by atoms with Crippen LogP contribution in [-0.4, -0.2) is 64.2 Å². The van der Waals surface area contributed by atoms with E-state index in [0.717, 1.165) is 13.1 Å². The lowest BCUT2D eigenvalue weighted by atomic mass is 10.1. The first-order chi connectivity index (χ1) is 13.6. The number of pyridine rings is 1. The van der Waals surface area contributed by atoms with E-state index in [9.17, 15) is 14.4 Å². The van der Waals surface area contributed by atoms with Crippen LogP contribution in [0.3, 0.4) is 0 Å². The molecule has 8 nitrogen and oxygen atoms in total. The van der Waals surface area contributed by atoms with E-state index in [0.29, 0.717) is 48.3 Å². The second-order valence-electron chi connectivity index (χ2n) is 6.77. The standard InChI is InChI=1S/C20H20N4O4/c25-17(15-1-2-16-18(13-15)28-20(27)22-16)5-8-23-9-11-24(12-10-23)19(26)14-3-6-21-7-4-14/h1-4,6-7,13H,5,8-12H2,(H,22,27). The van der Waals surface area contributed by atoms with Crippen LogP contribution in [0.25, 0.3) is 11.1 Å². The van der Waals surface area contributed by atoms with Crippen LogP contribution >= 0.6 is 0 Å². The number of hydrogen-bond donors (Lipinski definition) is 1. The van der Waals surface area contributed by atoms with Gasteiger partial charge in [0.25, 0.3) is 5.91 Å². The second kappa shape index (κ2) is 7.77. The van der Waals surface area contributed by atoms with Crippen molar-refractivity contribution in [1.29, 1.82) is 0 Å². The van der Waals surface area contributed by atoms with Crippen LogP contribution in [-0.2, 0) is 0 Å². The summed E-state index contributed by atoms with van der Waals surface area (Å²) in [7, 11) is 0. The van der Waals surface area contributed by atoms with Gasteiger partial charge < -0.3 is 9.32 Å². The summed E-state index contributed by atoms with van der Waals surface area (Å²) in [6.45, 7) is 3.36. The van der Waals surface area contributed by atoms with Gasteiger partial charge in [-0.25, -0.2) is 4.79 Å². The van der Waals surface area contributed by atoms with E-state index in [1.807, 2.05) is 4.90 Å². The molecule has 28 heavy (non-hydrogen) atoms. The number of rotatable bonds is 5. The molecular weight excluding hydrogens is 360 g/mol. The molecule has 1 fully saturated rings. The van der Waals surface area contributed by atoms with Gasteiger partial charge in [0.05, 0.1) is 5.52 Å². The zero-order valence-corrected chi connectivity index (χ0v) is 15.3.